The highest BCUT2D eigenvalue weighted by molar-refractivity contribution is 6.01. The molecule has 4 aliphatic carbocycles. The normalized spacial score (nSPS) is 46.2. The third-order valence-electron chi connectivity index (χ3n) is 8.70. The molecule has 6 nitrogen and oxygen atoms in total. The second kappa shape index (κ2) is 7.15. The maximum atomic E-state index is 17.0. The van der Waals surface area contributed by atoms with Gasteiger partial charge in [-0.2, -0.15) is 0 Å². The number of ketones is 2. The Balaban J connectivity index is 1.80. The summed E-state index contributed by atoms with van der Waals surface area (Å²) in [6, 6.07) is 0. The van der Waals surface area contributed by atoms with Gasteiger partial charge < -0.3 is 14.9 Å². The van der Waals surface area contributed by atoms with Crippen LogP contribution in [-0.2, 0) is 19.1 Å². The number of hydrogen-bond donors (Lipinski definition) is 2. The summed E-state index contributed by atoms with van der Waals surface area (Å²) in [6.45, 7) is 3.58. The van der Waals surface area contributed by atoms with Gasteiger partial charge in [0.05, 0.1) is 12.4 Å². The minimum atomic E-state index is -2.33. The van der Waals surface area contributed by atoms with Crippen molar-refractivity contribution >= 4 is 17.5 Å². The van der Waals surface area contributed by atoms with E-state index in [2.05, 4.69) is 0 Å². The Hall–Kier alpha value is -2.19. The first-order valence-electron chi connectivity index (χ1n) is 10.9. The van der Waals surface area contributed by atoms with Gasteiger partial charge in [-0.1, -0.05) is 18.6 Å². The van der Waals surface area contributed by atoms with E-state index in [1.807, 2.05) is 0 Å². The van der Waals surface area contributed by atoms with E-state index in [1.54, 1.807) is 13.8 Å². The summed E-state index contributed by atoms with van der Waals surface area (Å²) in [5.74, 6) is -3.29. The first-order valence-corrected chi connectivity index (χ1v) is 10.9. The molecule has 32 heavy (non-hydrogen) atoms. The van der Waals surface area contributed by atoms with Crippen molar-refractivity contribution in [3.05, 3.63) is 35.7 Å². The molecule has 2 N–H and O–H groups in total. The summed E-state index contributed by atoms with van der Waals surface area (Å²) in [4.78, 5) is 36.1. The number of hydrogen-bond acceptors (Lipinski definition) is 6. The van der Waals surface area contributed by atoms with Gasteiger partial charge in [-0.15, -0.1) is 0 Å². The fourth-order valence-corrected chi connectivity index (χ4v) is 7.00. The van der Waals surface area contributed by atoms with Crippen molar-refractivity contribution in [2.75, 3.05) is 6.61 Å². The third kappa shape index (κ3) is 2.65. The van der Waals surface area contributed by atoms with Gasteiger partial charge in [0.25, 0.3) is 0 Å². The molecule has 0 radical (unpaired) electrons. The molecule has 4 rings (SSSR count). The molecule has 0 aliphatic heterocycles. The monoisotopic (exact) mass is 450 g/mol. The molecule has 0 aromatic heterocycles. The van der Waals surface area contributed by atoms with Crippen molar-refractivity contribution in [3.8, 4) is 0 Å². The van der Waals surface area contributed by atoms with E-state index in [4.69, 9.17) is 4.74 Å². The van der Waals surface area contributed by atoms with Gasteiger partial charge in [0.2, 0.25) is 5.78 Å². The average Bonchev–Trinajstić information content (AvgIpc) is 2.95. The molecule has 0 aromatic rings. The number of allylic oxidation sites excluding steroid dienone is 4. The number of alkyl halides is 1. The second-order valence-electron chi connectivity index (χ2n) is 10.0. The topological polar surface area (TPSA) is 101 Å². The van der Waals surface area contributed by atoms with Crippen molar-refractivity contribution in [3.63, 3.8) is 0 Å². The van der Waals surface area contributed by atoms with Crippen LogP contribution in [0.2, 0.25) is 0 Å². The van der Waals surface area contributed by atoms with Crippen molar-refractivity contribution in [2.45, 2.75) is 63.8 Å². The molecule has 0 spiro atoms. The van der Waals surface area contributed by atoms with Gasteiger partial charge in [-0.05, 0) is 56.3 Å². The van der Waals surface area contributed by atoms with Crippen LogP contribution in [0, 0.1) is 22.7 Å². The summed E-state index contributed by atoms with van der Waals surface area (Å²) in [6.07, 6.45) is 3.16. The smallest absolute Gasteiger partial charge is 0.303 e. The van der Waals surface area contributed by atoms with Gasteiger partial charge in [0, 0.05) is 23.7 Å². The van der Waals surface area contributed by atoms with Gasteiger partial charge in [-0.3, -0.25) is 14.4 Å². The number of Topliss-reactive ketones (excluding diaryl/α,β-unsaturated/α-hetero) is 1. The largest absolute Gasteiger partial charge is 0.458 e. The molecule has 8 heteroatoms. The van der Waals surface area contributed by atoms with Crippen LogP contribution in [0.3, 0.4) is 0 Å². The van der Waals surface area contributed by atoms with E-state index < -0.39 is 58.4 Å². The molecule has 174 valence electrons. The minimum Gasteiger partial charge on any atom is -0.458 e. The van der Waals surface area contributed by atoms with Crippen LogP contribution in [0.4, 0.5) is 8.78 Å². The molecule has 0 bridgehead atoms. The number of rotatable bonds is 3. The summed E-state index contributed by atoms with van der Waals surface area (Å²) in [5.41, 5.74) is -6.68. The van der Waals surface area contributed by atoms with Gasteiger partial charge >= 0.3 is 5.97 Å². The third-order valence-corrected chi connectivity index (χ3v) is 8.70. The first kappa shape index (κ1) is 23.0. The first-order chi connectivity index (χ1) is 14.9. The van der Waals surface area contributed by atoms with Crippen LogP contribution in [0.15, 0.2) is 35.7 Å². The summed E-state index contributed by atoms with van der Waals surface area (Å²) in [5, 5.41) is 22.8. The van der Waals surface area contributed by atoms with Gasteiger partial charge in [0.15, 0.2) is 23.7 Å². The average molecular weight is 450 g/mol. The van der Waals surface area contributed by atoms with Crippen molar-refractivity contribution in [1.82, 2.24) is 0 Å². The molecule has 3 fully saturated rings. The number of fused-ring (bicyclic) bond motifs is 5. The zero-order chi connectivity index (χ0) is 23.7. The molecule has 0 saturated heterocycles. The van der Waals surface area contributed by atoms with E-state index in [1.165, 1.54) is 18.2 Å². The van der Waals surface area contributed by atoms with E-state index in [9.17, 15) is 29.0 Å². The Bertz CT molecular complexity index is 985. The number of carbonyl (C=O) groups excluding carboxylic acids is 3. The lowest BCUT2D eigenvalue weighted by Gasteiger charge is -2.62. The Morgan fingerprint density at radius 2 is 2.00 bits per heavy atom. The van der Waals surface area contributed by atoms with Gasteiger partial charge in [-0.25, -0.2) is 8.78 Å². The Morgan fingerprint density at radius 3 is 2.62 bits per heavy atom. The van der Waals surface area contributed by atoms with Crippen LogP contribution in [0.5, 0.6) is 0 Å². The summed E-state index contributed by atoms with van der Waals surface area (Å²) < 4.78 is 35.7. The van der Waals surface area contributed by atoms with Crippen molar-refractivity contribution < 1.29 is 38.1 Å². The summed E-state index contributed by atoms with van der Waals surface area (Å²) >= 11 is 0. The molecular formula is C24H28F2O6. The van der Waals surface area contributed by atoms with Crippen LogP contribution in [-0.4, -0.2) is 51.7 Å². The molecule has 1 unspecified atom stereocenters. The maximum Gasteiger partial charge on any atom is 0.303 e. The zero-order valence-electron chi connectivity index (χ0n) is 18.4. The van der Waals surface area contributed by atoms with E-state index in [-0.39, 0.29) is 36.9 Å². The number of aliphatic hydroxyl groups is 2. The molecule has 0 amide bonds. The fraction of sp³-hybridized carbons (Fsp3) is 0.625. The predicted octanol–water partition coefficient (Wildman–Crippen LogP) is 2.68. The quantitative estimate of drug-likeness (QED) is 0.642. The number of ether oxygens (including phenoxy) is 1. The van der Waals surface area contributed by atoms with Crippen LogP contribution < -0.4 is 0 Å². The highest BCUT2D eigenvalue weighted by atomic mass is 19.1. The zero-order valence-corrected chi connectivity index (χ0v) is 18.4. The van der Waals surface area contributed by atoms with Crippen LogP contribution in [0.1, 0.15) is 46.5 Å². The molecule has 3 saturated carbocycles. The van der Waals surface area contributed by atoms with Crippen LogP contribution in [0.25, 0.3) is 0 Å². The Labute approximate surface area is 185 Å². The molecular weight excluding hydrogens is 422 g/mol. The highest BCUT2D eigenvalue weighted by Crippen LogP contribution is 2.70. The molecule has 4 aliphatic rings. The fourth-order valence-electron chi connectivity index (χ4n) is 7.00. The lowest BCUT2D eigenvalue weighted by atomic mass is 9.44. The van der Waals surface area contributed by atoms with Crippen LogP contribution >= 0.6 is 0 Å². The maximum absolute atomic E-state index is 17.0. The number of esters is 1. The SMILES string of the molecule is CC(=O)OCC(=O)[C@@]1(O)C(=CF)C[C@H]2[C@@H]3CCC4=CC(=O)C=C[C@]4(C)[C@@]3(F)C(O)C[C@@]21C. The highest BCUT2D eigenvalue weighted by Gasteiger charge is 2.75. The van der Waals surface area contributed by atoms with Crippen molar-refractivity contribution in [2.24, 2.45) is 22.7 Å². The number of aliphatic hydroxyl groups excluding tert-OH is 1. The van der Waals surface area contributed by atoms with E-state index >= 15 is 4.39 Å². The van der Waals surface area contributed by atoms with E-state index in [0.29, 0.717) is 12.0 Å². The van der Waals surface area contributed by atoms with E-state index in [0.717, 1.165) is 6.92 Å². The lowest BCUT2D eigenvalue weighted by molar-refractivity contribution is -0.215. The Kier molecular flexibility index (Phi) is 5.14. The Morgan fingerprint density at radius 1 is 1.31 bits per heavy atom. The lowest BCUT2D eigenvalue weighted by Crippen LogP contribution is -2.69. The van der Waals surface area contributed by atoms with Crippen molar-refractivity contribution in [1.29, 1.82) is 0 Å². The molecule has 7 atom stereocenters. The standard InChI is InChI=1S/C24H28F2O6/c1-13(27)32-12-20(30)24(31)15(11-25)9-18-17-5-4-14-8-16(28)6-7-21(14,2)23(17,26)19(29)10-22(18,24)3/h6-8,11,17-19,29,31H,4-5,9-10,12H2,1-3H3/t17-,18-,19?,21-,22-,23-,24-/m0/s1. The molecule has 0 heterocycles. The van der Waals surface area contributed by atoms with Gasteiger partial charge in [0.1, 0.15) is 0 Å². The number of halogens is 2. The molecule has 0 aromatic carbocycles. The predicted molar refractivity (Wildman–Crippen MR) is 110 cm³/mol. The number of carbonyl (C=O) groups is 3. The summed E-state index contributed by atoms with van der Waals surface area (Å²) in [7, 11) is 0. The second-order valence-corrected chi connectivity index (χ2v) is 10.0. The minimum absolute atomic E-state index is 0.0594.